The van der Waals surface area contributed by atoms with E-state index < -0.39 is 0 Å². The summed E-state index contributed by atoms with van der Waals surface area (Å²) in [7, 11) is 0. The van der Waals surface area contributed by atoms with Gasteiger partial charge in [0.15, 0.2) is 0 Å². The highest BCUT2D eigenvalue weighted by Gasteiger charge is 2.26. The van der Waals surface area contributed by atoms with Crippen molar-refractivity contribution in [2.75, 3.05) is 13.1 Å². The lowest BCUT2D eigenvalue weighted by Gasteiger charge is -2.32. The van der Waals surface area contributed by atoms with Gasteiger partial charge in [-0.25, -0.2) is 0 Å². The molecule has 0 bridgehead atoms. The first kappa shape index (κ1) is 19.7. The van der Waals surface area contributed by atoms with Gasteiger partial charge in [-0.3, -0.25) is 14.3 Å². The lowest BCUT2D eigenvalue weighted by atomic mass is 10.0. The minimum atomic E-state index is -0.0405. The first-order chi connectivity index (χ1) is 13.9. The Morgan fingerprint density at radius 3 is 2.76 bits per heavy atom. The van der Waals surface area contributed by atoms with E-state index in [0.717, 1.165) is 40.2 Å². The number of thiophene rings is 1. The molecular formula is C21H26N4O3S. The number of rotatable bonds is 5. The molecule has 0 aromatic carbocycles. The van der Waals surface area contributed by atoms with Crippen LogP contribution in [0.3, 0.4) is 0 Å². The average Bonchev–Trinajstić information content (AvgIpc) is 3.41. The van der Waals surface area contributed by atoms with E-state index >= 15 is 0 Å². The summed E-state index contributed by atoms with van der Waals surface area (Å²) in [5.41, 5.74) is 1.53. The van der Waals surface area contributed by atoms with Gasteiger partial charge in [0.05, 0.1) is 22.4 Å². The van der Waals surface area contributed by atoms with E-state index in [-0.39, 0.29) is 17.9 Å². The van der Waals surface area contributed by atoms with E-state index in [1.807, 2.05) is 22.6 Å². The van der Waals surface area contributed by atoms with E-state index in [0.29, 0.717) is 24.6 Å². The van der Waals surface area contributed by atoms with Crippen LogP contribution >= 0.6 is 11.3 Å². The van der Waals surface area contributed by atoms with Crippen LogP contribution in [0.15, 0.2) is 29.1 Å². The van der Waals surface area contributed by atoms with Crippen LogP contribution in [0.1, 0.15) is 52.4 Å². The Kier molecular flexibility index (Phi) is 5.45. The van der Waals surface area contributed by atoms with Crippen molar-refractivity contribution < 1.29 is 14.0 Å². The van der Waals surface area contributed by atoms with Crippen molar-refractivity contribution >= 4 is 33.4 Å². The Balaban J connectivity index is 1.38. The van der Waals surface area contributed by atoms with Crippen molar-refractivity contribution in [1.82, 2.24) is 20.0 Å². The lowest BCUT2D eigenvalue weighted by molar-refractivity contribution is 0.0697. The smallest absolute Gasteiger partial charge is 0.261 e. The molecule has 1 saturated heterocycles. The number of furan rings is 1. The molecule has 3 aromatic rings. The molecular weight excluding hydrogens is 388 g/mol. The van der Waals surface area contributed by atoms with Crippen LogP contribution in [0.5, 0.6) is 0 Å². The number of fused-ring (bicyclic) bond motifs is 1. The minimum Gasteiger partial charge on any atom is -0.472 e. The largest absolute Gasteiger partial charge is 0.472 e. The number of carbonyl (C=O) groups excluding carboxylic acids is 2. The van der Waals surface area contributed by atoms with Gasteiger partial charge in [-0.15, -0.1) is 11.3 Å². The van der Waals surface area contributed by atoms with Gasteiger partial charge in [0.1, 0.15) is 11.1 Å². The normalized spacial score (nSPS) is 15.4. The SMILES string of the molecule is Cc1nn(CC(C)C)c2sc(C(=O)NC3CCN(C(=O)c4ccoc4)CC3)cc12. The number of carbonyl (C=O) groups is 2. The first-order valence-corrected chi connectivity index (χ1v) is 10.8. The van der Waals surface area contributed by atoms with Crippen LogP contribution in [-0.2, 0) is 6.54 Å². The lowest BCUT2D eigenvalue weighted by Crippen LogP contribution is -2.46. The van der Waals surface area contributed by atoms with Gasteiger partial charge in [0.2, 0.25) is 0 Å². The first-order valence-electron chi connectivity index (χ1n) is 10.0. The number of aromatic nitrogens is 2. The zero-order valence-corrected chi connectivity index (χ0v) is 17.8. The predicted octanol–water partition coefficient (Wildman–Crippen LogP) is 3.69. The monoisotopic (exact) mass is 414 g/mol. The van der Waals surface area contributed by atoms with Gasteiger partial charge in [-0.2, -0.15) is 5.10 Å². The van der Waals surface area contributed by atoms with Gasteiger partial charge in [-0.05, 0) is 37.8 Å². The number of hydrogen-bond acceptors (Lipinski definition) is 5. The van der Waals surface area contributed by atoms with Crippen LogP contribution in [0.25, 0.3) is 10.2 Å². The Hall–Kier alpha value is -2.61. The molecule has 29 heavy (non-hydrogen) atoms. The number of hydrogen-bond donors (Lipinski definition) is 1. The van der Waals surface area contributed by atoms with Crippen LogP contribution in [0.4, 0.5) is 0 Å². The zero-order chi connectivity index (χ0) is 20.5. The van der Waals surface area contributed by atoms with Crippen molar-refractivity contribution in [3.05, 3.63) is 40.8 Å². The number of nitrogens with zero attached hydrogens (tertiary/aromatic N) is 3. The summed E-state index contributed by atoms with van der Waals surface area (Å²) in [5, 5.41) is 8.81. The Labute approximate surface area is 173 Å². The highest BCUT2D eigenvalue weighted by Crippen LogP contribution is 2.29. The Morgan fingerprint density at radius 2 is 2.10 bits per heavy atom. The van der Waals surface area contributed by atoms with Crippen molar-refractivity contribution in [3.63, 3.8) is 0 Å². The number of aryl methyl sites for hydroxylation is 1. The fourth-order valence-electron chi connectivity index (χ4n) is 3.75. The maximum atomic E-state index is 12.8. The van der Waals surface area contributed by atoms with Crippen molar-refractivity contribution in [1.29, 1.82) is 0 Å². The summed E-state index contributed by atoms with van der Waals surface area (Å²) >= 11 is 1.50. The van der Waals surface area contributed by atoms with E-state index in [4.69, 9.17) is 4.42 Å². The van der Waals surface area contributed by atoms with Crippen LogP contribution < -0.4 is 5.32 Å². The van der Waals surface area contributed by atoms with Crippen LogP contribution in [-0.4, -0.2) is 45.6 Å². The second kappa shape index (κ2) is 8.02. The number of likely N-dealkylation sites (tertiary alicyclic amines) is 1. The molecule has 2 amide bonds. The third-order valence-electron chi connectivity index (χ3n) is 5.25. The Bertz CT molecular complexity index is 1010. The molecule has 8 heteroatoms. The fourth-order valence-corrected chi connectivity index (χ4v) is 4.82. The molecule has 0 saturated carbocycles. The van der Waals surface area contributed by atoms with E-state index in [1.54, 1.807) is 6.07 Å². The summed E-state index contributed by atoms with van der Waals surface area (Å²) in [5.74, 6) is 0.436. The zero-order valence-electron chi connectivity index (χ0n) is 17.0. The minimum absolute atomic E-state index is 0.0155. The molecule has 0 unspecified atom stereocenters. The quantitative estimate of drug-likeness (QED) is 0.690. The average molecular weight is 415 g/mol. The summed E-state index contributed by atoms with van der Waals surface area (Å²) in [6, 6.07) is 3.71. The van der Waals surface area contributed by atoms with Crippen LogP contribution in [0, 0.1) is 12.8 Å². The molecule has 1 aliphatic heterocycles. The van der Waals surface area contributed by atoms with Gasteiger partial charge < -0.3 is 14.6 Å². The fraction of sp³-hybridized carbons (Fsp3) is 0.476. The third-order valence-corrected chi connectivity index (χ3v) is 6.40. The van der Waals surface area contributed by atoms with E-state index in [9.17, 15) is 9.59 Å². The standard InChI is InChI=1S/C21H26N4O3S/c1-13(2)11-25-21-17(14(3)23-25)10-18(29-21)19(26)22-16-4-7-24(8-5-16)20(27)15-6-9-28-12-15/h6,9-10,12-13,16H,4-5,7-8,11H2,1-3H3,(H,22,26). The molecule has 1 N–H and O–H groups in total. The molecule has 4 heterocycles. The van der Waals surface area contributed by atoms with Crippen molar-refractivity contribution in [2.45, 2.75) is 46.2 Å². The third kappa shape index (κ3) is 4.07. The molecule has 0 radical (unpaired) electrons. The van der Waals surface area contributed by atoms with E-state index in [1.165, 1.54) is 23.9 Å². The summed E-state index contributed by atoms with van der Waals surface area (Å²) < 4.78 is 7.01. The topological polar surface area (TPSA) is 80.4 Å². The number of amides is 2. The summed E-state index contributed by atoms with van der Waals surface area (Å²) in [6.45, 7) is 8.41. The summed E-state index contributed by atoms with van der Waals surface area (Å²) in [4.78, 5) is 28.8. The maximum absolute atomic E-state index is 12.8. The second-order valence-electron chi connectivity index (χ2n) is 8.04. The van der Waals surface area contributed by atoms with Gasteiger partial charge >= 0.3 is 0 Å². The van der Waals surface area contributed by atoms with Gasteiger partial charge in [0.25, 0.3) is 11.8 Å². The maximum Gasteiger partial charge on any atom is 0.261 e. The predicted molar refractivity (Wildman–Crippen MR) is 112 cm³/mol. The number of piperidine rings is 1. The molecule has 3 aromatic heterocycles. The molecule has 1 aliphatic rings. The highest BCUT2D eigenvalue weighted by molar-refractivity contribution is 7.20. The molecule has 4 rings (SSSR count). The Morgan fingerprint density at radius 1 is 1.34 bits per heavy atom. The highest BCUT2D eigenvalue weighted by atomic mass is 32.1. The molecule has 1 fully saturated rings. The molecule has 0 aliphatic carbocycles. The van der Waals surface area contributed by atoms with Crippen molar-refractivity contribution in [2.24, 2.45) is 5.92 Å². The number of nitrogens with one attached hydrogen (secondary N) is 1. The molecule has 0 atom stereocenters. The second-order valence-corrected chi connectivity index (χ2v) is 9.07. The van der Waals surface area contributed by atoms with Gasteiger partial charge in [-0.1, -0.05) is 13.8 Å². The van der Waals surface area contributed by atoms with Crippen LogP contribution in [0.2, 0.25) is 0 Å². The molecule has 154 valence electrons. The molecule has 0 spiro atoms. The summed E-state index contributed by atoms with van der Waals surface area (Å²) in [6.07, 6.45) is 4.48. The van der Waals surface area contributed by atoms with Gasteiger partial charge in [0, 0.05) is 31.1 Å². The molecule has 7 nitrogen and oxygen atoms in total. The van der Waals surface area contributed by atoms with Crippen molar-refractivity contribution in [3.8, 4) is 0 Å². The van der Waals surface area contributed by atoms with E-state index in [2.05, 4.69) is 24.3 Å².